The van der Waals surface area contributed by atoms with E-state index in [1.165, 1.54) is 25.9 Å². The Balaban J connectivity index is 2.05. The molecule has 0 spiro atoms. The van der Waals surface area contributed by atoms with E-state index in [9.17, 15) is 0 Å². The van der Waals surface area contributed by atoms with Crippen LogP contribution in [0.4, 0.5) is 11.8 Å². The van der Waals surface area contributed by atoms with Gasteiger partial charge in [-0.2, -0.15) is 4.98 Å². The summed E-state index contributed by atoms with van der Waals surface area (Å²) in [4.78, 5) is 13.3. The number of nitrogens with one attached hydrogen (secondary N) is 1. The largest absolute Gasteiger partial charge is 0.357 e. The molecule has 2 heterocycles. The fourth-order valence-electron chi connectivity index (χ4n) is 2.24. The van der Waals surface area contributed by atoms with E-state index in [4.69, 9.17) is 0 Å². The molecule has 1 aliphatic rings. The van der Waals surface area contributed by atoms with Gasteiger partial charge in [-0.1, -0.05) is 0 Å². The number of likely N-dealkylation sites (tertiary alicyclic amines) is 1. The Bertz CT molecular complexity index is 360. The number of anilines is 2. The zero-order valence-electron chi connectivity index (χ0n) is 10.8. The van der Waals surface area contributed by atoms with E-state index in [-0.39, 0.29) is 0 Å². The van der Waals surface area contributed by atoms with Crippen molar-refractivity contribution in [3.05, 3.63) is 12.3 Å². The van der Waals surface area contributed by atoms with Gasteiger partial charge in [0.05, 0.1) is 0 Å². The highest BCUT2D eigenvalue weighted by molar-refractivity contribution is 5.42. The summed E-state index contributed by atoms with van der Waals surface area (Å²) >= 11 is 0. The van der Waals surface area contributed by atoms with E-state index in [1.807, 2.05) is 13.1 Å². The van der Waals surface area contributed by atoms with Gasteiger partial charge >= 0.3 is 0 Å². The summed E-state index contributed by atoms with van der Waals surface area (Å²) in [5, 5.41) is 2.98. The summed E-state index contributed by atoms with van der Waals surface area (Å²) in [5.74, 6) is 1.68. The summed E-state index contributed by atoms with van der Waals surface area (Å²) in [5.41, 5.74) is 0. The quantitative estimate of drug-likeness (QED) is 0.848. The summed E-state index contributed by atoms with van der Waals surface area (Å²) in [6.07, 6.45) is 4.21. The number of piperidine rings is 1. The number of hydrogen-bond donors (Lipinski definition) is 1. The van der Waals surface area contributed by atoms with E-state index >= 15 is 0 Å². The van der Waals surface area contributed by atoms with Gasteiger partial charge in [0.2, 0.25) is 5.95 Å². The maximum Gasteiger partial charge on any atom is 0.224 e. The normalized spacial score (nSPS) is 18.1. The lowest BCUT2D eigenvalue weighted by atomic mass is 10.0. The second kappa shape index (κ2) is 5.31. The minimum Gasteiger partial charge on any atom is -0.357 e. The molecular formula is C12H21N5. The van der Waals surface area contributed by atoms with Gasteiger partial charge in [-0.15, -0.1) is 0 Å². The zero-order chi connectivity index (χ0) is 12.3. The maximum absolute atomic E-state index is 4.48. The van der Waals surface area contributed by atoms with Crippen molar-refractivity contribution in [2.45, 2.75) is 18.9 Å². The van der Waals surface area contributed by atoms with Crippen LogP contribution < -0.4 is 10.2 Å². The first kappa shape index (κ1) is 12.1. The van der Waals surface area contributed by atoms with Crippen molar-refractivity contribution in [2.24, 2.45) is 0 Å². The molecule has 5 heteroatoms. The van der Waals surface area contributed by atoms with Gasteiger partial charge in [-0.05, 0) is 39.0 Å². The minimum absolute atomic E-state index is 0.589. The molecule has 0 aliphatic carbocycles. The summed E-state index contributed by atoms with van der Waals surface area (Å²) in [7, 11) is 6.15. The van der Waals surface area contributed by atoms with E-state index in [2.05, 4.69) is 39.2 Å². The fourth-order valence-corrected chi connectivity index (χ4v) is 2.24. The molecule has 0 saturated carbocycles. The Kier molecular flexibility index (Phi) is 3.78. The molecule has 1 aliphatic heterocycles. The first-order chi connectivity index (χ1) is 8.20. The molecule has 0 atom stereocenters. The van der Waals surface area contributed by atoms with Gasteiger partial charge in [-0.25, -0.2) is 4.98 Å². The predicted octanol–water partition coefficient (Wildman–Crippen LogP) is 1.05. The summed E-state index contributed by atoms with van der Waals surface area (Å²) < 4.78 is 0. The number of nitrogens with zero attached hydrogens (tertiary/aromatic N) is 4. The first-order valence-electron chi connectivity index (χ1n) is 6.13. The highest BCUT2D eigenvalue weighted by Gasteiger charge is 2.21. The van der Waals surface area contributed by atoms with Crippen molar-refractivity contribution in [1.29, 1.82) is 0 Å². The first-order valence-corrected chi connectivity index (χ1v) is 6.13. The molecule has 17 heavy (non-hydrogen) atoms. The van der Waals surface area contributed by atoms with Crippen LogP contribution in [-0.2, 0) is 0 Å². The van der Waals surface area contributed by atoms with Crippen LogP contribution in [0.3, 0.4) is 0 Å². The van der Waals surface area contributed by atoms with E-state index in [1.54, 1.807) is 6.20 Å². The number of aromatic nitrogens is 2. The smallest absolute Gasteiger partial charge is 0.224 e. The predicted molar refractivity (Wildman–Crippen MR) is 70.5 cm³/mol. The van der Waals surface area contributed by atoms with E-state index < -0.39 is 0 Å². The molecule has 0 aromatic carbocycles. The Morgan fingerprint density at radius 1 is 1.41 bits per heavy atom. The third-order valence-corrected chi connectivity index (χ3v) is 3.46. The van der Waals surface area contributed by atoms with Crippen molar-refractivity contribution < 1.29 is 0 Å². The Morgan fingerprint density at radius 2 is 2.12 bits per heavy atom. The van der Waals surface area contributed by atoms with Gasteiger partial charge in [0.1, 0.15) is 5.82 Å². The molecule has 1 aromatic rings. The molecule has 0 radical (unpaired) electrons. The third kappa shape index (κ3) is 2.85. The molecular weight excluding hydrogens is 214 g/mol. The van der Waals surface area contributed by atoms with Gasteiger partial charge < -0.3 is 15.1 Å². The molecule has 5 nitrogen and oxygen atoms in total. The molecule has 94 valence electrons. The molecule has 1 aromatic heterocycles. The average Bonchev–Trinajstić information content (AvgIpc) is 2.39. The van der Waals surface area contributed by atoms with Crippen LogP contribution in [0.15, 0.2) is 12.3 Å². The van der Waals surface area contributed by atoms with Gasteiger partial charge in [0.25, 0.3) is 0 Å². The van der Waals surface area contributed by atoms with Crippen molar-refractivity contribution in [3.63, 3.8) is 0 Å². The molecule has 2 rings (SSSR count). The fraction of sp³-hybridized carbons (Fsp3) is 0.667. The van der Waals surface area contributed by atoms with Crippen molar-refractivity contribution in [1.82, 2.24) is 14.9 Å². The molecule has 0 bridgehead atoms. The standard InChI is InChI=1S/C12H21N5/c1-13-12-14-7-4-11(15-12)17(3)10-5-8-16(2)9-6-10/h4,7,10H,5-6,8-9H2,1-3H3,(H,13,14,15). The van der Waals surface area contributed by atoms with E-state index in [0.717, 1.165) is 5.82 Å². The molecule has 1 saturated heterocycles. The Hall–Kier alpha value is -1.36. The minimum atomic E-state index is 0.589. The van der Waals surface area contributed by atoms with Crippen LogP contribution in [0.5, 0.6) is 0 Å². The van der Waals surface area contributed by atoms with E-state index in [0.29, 0.717) is 12.0 Å². The lowest BCUT2D eigenvalue weighted by Gasteiger charge is -2.35. The summed E-state index contributed by atoms with van der Waals surface area (Å²) in [6.45, 7) is 2.33. The van der Waals surface area contributed by atoms with Crippen molar-refractivity contribution >= 4 is 11.8 Å². The monoisotopic (exact) mass is 235 g/mol. The third-order valence-electron chi connectivity index (χ3n) is 3.46. The van der Waals surface area contributed by atoms with Gasteiger partial charge in [0.15, 0.2) is 0 Å². The molecule has 1 N–H and O–H groups in total. The van der Waals surface area contributed by atoms with Crippen molar-refractivity contribution in [3.8, 4) is 0 Å². The van der Waals surface area contributed by atoms with Crippen molar-refractivity contribution in [2.75, 3.05) is 44.4 Å². The zero-order valence-corrected chi connectivity index (χ0v) is 10.8. The van der Waals surface area contributed by atoms with Gasteiger partial charge in [0, 0.05) is 26.3 Å². The average molecular weight is 235 g/mol. The molecule has 0 amide bonds. The van der Waals surface area contributed by atoms with Crippen LogP contribution in [-0.4, -0.2) is 55.1 Å². The van der Waals surface area contributed by atoms with Crippen LogP contribution >= 0.6 is 0 Å². The van der Waals surface area contributed by atoms with Gasteiger partial charge in [-0.3, -0.25) is 0 Å². The Morgan fingerprint density at radius 3 is 2.76 bits per heavy atom. The van der Waals surface area contributed by atoms with Crippen LogP contribution in [0.2, 0.25) is 0 Å². The lowest BCUT2D eigenvalue weighted by Crippen LogP contribution is -2.42. The lowest BCUT2D eigenvalue weighted by molar-refractivity contribution is 0.252. The Labute approximate surface area is 103 Å². The van der Waals surface area contributed by atoms with Crippen LogP contribution in [0.25, 0.3) is 0 Å². The highest BCUT2D eigenvalue weighted by Crippen LogP contribution is 2.20. The molecule has 0 unspecified atom stereocenters. The number of hydrogen-bond acceptors (Lipinski definition) is 5. The van der Waals surface area contributed by atoms with Crippen LogP contribution in [0, 0.1) is 0 Å². The number of rotatable bonds is 3. The highest BCUT2D eigenvalue weighted by atomic mass is 15.2. The second-order valence-electron chi connectivity index (χ2n) is 4.63. The topological polar surface area (TPSA) is 44.3 Å². The summed E-state index contributed by atoms with van der Waals surface area (Å²) in [6, 6.07) is 2.56. The maximum atomic E-state index is 4.48. The SMILES string of the molecule is CNc1nccc(N(C)C2CCN(C)CC2)n1. The second-order valence-corrected chi connectivity index (χ2v) is 4.63. The van der Waals surface area contributed by atoms with Crippen LogP contribution in [0.1, 0.15) is 12.8 Å². The molecule has 1 fully saturated rings.